The van der Waals surface area contributed by atoms with Crippen LogP contribution in [0.4, 0.5) is 8.78 Å². The van der Waals surface area contributed by atoms with Crippen molar-refractivity contribution in [3.8, 4) is 23.0 Å². The Balaban J connectivity index is 1.56. The number of nitrogens with zero attached hydrogens (tertiary/aromatic N) is 1. The Morgan fingerprint density at radius 3 is 2.00 bits per heavy atom. The summed E-state index contributed by atoms with van der Waals surface area (Å²) in [5.74, 6) is -7.52. The van der Waals surface area contributed by atoms with Crippen LogP contribution in [0.5, 0.6) is 23.0 Å². The third-order valence-electron chi connectivity index (χ3n) is 6.36. The Morgan fingerprint density at radius 2 is 1.43 bits per heavy atom. The third kappa shape index (κ3) is 3.08. The second-order valence-corrected chi connectivity index (χ2v) is 8.49. The van der Waals surface area contributed by atoms with Crippen molar-refractivity contribution in [2.75, 3.05) is 0 Å². The summed E-state index contributed by atoms with van der Waals surface area (Å²) in [7, 11) is 0. The number of aromatic hydroxyl groups is 2. The average molecular weight is 509 g/mol. The average Bonchev–Trinajstić information content (AvgIpc) is 3.33. The summed E-state index contributed by atoms with van der Waals surface area (Å²) < 4.78 is 40.5. The van der Waals surface area contributed by atoms with Crippen LogP contribution in [0.15, 0.2) is 42.5 Å². The number of esters is 1. The van der Waals surface area contributed by atoms with Crippen molar-refractivity contribution < 1.29 is 52.5 Å². The van der Waals surface area contributed by atoms with Crippen molar-refractivity contribution in [2.24, 2.45) is 0 Å². The summed E-state index contributed by atoms with van der Waals surface area (Å²) in [6.45, 7) is 0. The number of phenolic OH excluding ortho intramolecular Hbond substituents is 2. The molecular weight excluding hydrogens is 496 g/mol. The maximum Gasteiger partial charge on any atom is 0.363 e. The highest BCUT2D eigenvalue weighted by atomic mass is 19.1. The van der Waals surface area contributed by atoms with Crippen molar-refractivity contribution >= 4 is 23.8 Å². The molecule has 1 fully saturated rings. The number of imide groups is 1. The fraction of sp³-hybridized carbons (Fsp3) is 0.120. The molecule has 0 bridgehead atoms. The van der Waals surface area contributed by atoms with E-state index in [1.54, 1.807) is 0 Å². The molecule has 3 aliphatic heterocycles. The molecule has 0 atom stereocenters. The van der Waals surface area contributed by atoms with Gasteiger partial charge in [-0.3, -0.25) is 9.59 Å². The quantitative estimate of drug-likeness (QED) is 0.394. The lowest BCUT2D eigenvalue weighted by Gasteiger charge is -2.36. The van der Waals surface area contributed by atoms with Gasteiger partial charge in [0.25, 0.3) is 11.8 Å². The fourth-order valence-electron chi connectivity index (χ4n) is 4.65. The van der Waals surface area contributed by atoms with Crippen LogP contribution in [-0.4, -0.2) is 39.0 Å². The van der Waals surface area contributed by atoms with Gasteiger partial charge >= 0.3 is 11.9 Å². The van der Waals surface area contributed by atoms with Crippen molar-refractivity contribution in [1.29, 1.82) is 0 Å². The van der Waals surface area contributed by atoms with Gasteiger partial charge < -0.3 is 24.5 Å². The van der Waals surface area contributed by atoms with Crippen LogP contribution in [0, 0.1) is 11.6 Å². The molecule has 2 N–H and O–H groups in total. The second kappa shape index (κ2) is 7.50. The summed E-state index contributed by atoms with van der Waals surface area (Å²) in [4.78, 5) is 54.4. The predicted octanol–water partition coefficient (Wildman–Crippen LogP) is 3.16. The first-order valence-corrected chi connectivity index (χ1v) is 10.8. The molecule has 12 heteroatoms. The highest BCUT2D eigenvalue weighted by molar-refractivity contribution is 6.03. The van der Waals surface area contributed by atoms with Gasteiger partial charge in [-0.05, 0) is 30.3 Å². The van der Waals surface area contributed by atoms with E-state index in [1.807, 2.05) is 0 Å². The van der Waals surface area contributed by atoms with E-state index in [0.29, 0.717) is 5.06 Å². The molecule has 37 heavy (non-hydrogen) atoms. The van der Waals surface area contributed by atoms with Gasteiger partial charge in [0.05, 0.1) is 22.3 Å². The molecule has 1 saturated heterocycles. The zero-order valence-electron chi connectivity index (χ0n) is 18.4. The van der Waals surface area contributed by atoms with E-state index in [4.69, 9.17) is 14.3 Å². The molecule has 0 saturated carbocycles. The number of ether oxygens (including phenoxy) is 2. The second-order valence-electron chi connectivity index (χ2n) is 8.49. The molecule has 0 unspecified atom stereocenters. The van der Waals surface area contributed by atoms with Crippen LogP contribution in [0.3, 0.4) is 0 Å². The first-order valence-electron chi connectivity index (χ1n) is 10.8. The molecule has 2 amide bonds. The normalized spacial score (nSPS) is 16.7. The number of phenols is 2. The number of amides is 2. The van der Waals surface area contributed by atoms with E-state index in [9.17, 15) is 38.2 Å². The minimum Gasteiger partial charge on any atom is -0.505 e. The number of hydroxylamine groups is 2. The molecule has 10 nitrogen and oxygen atoms in total. The van der Waals surface area contributed by atoms with Gasteiger partial charge in [0.2, 0.25) is 0 Å². The lowest BCUT2D eigenvalue weighted by Crippen LogP contribution is -2.34. The van der Waals surface area contributed by atoms with Gasteiger partial charge in [0.15, 0.2) is 28.7 Å². The first kappa shape index (κ1) is 22.5. The molecule has 0 aliphatic carbocycles. The molecule has 3 heterocycles. The maximum atomic E-state index is 14.5. The van der Waals surface area contributed by atoms with Crippen LogP contribution in [0.1, 0.15) is 50.2 Å². The van der Waals surface area contributed by atoms with Crippen molar-refractivity contribution in [2.45, 2.75) is 18.4 Å². The van der Waals surface area contributed by atoms with Crippen molar-refractivity contribution in [1.82, 2.24) is 5.06 Å². The summed E-state index contributed by atoms with van der Waals surface area (Å²) in [5.41, 5.74) is -2.64. The van der Waals surface area contributed by atoms with Gasteiger partial charge in [0.1, 0.15) is 11.5 Å². The van der Waals surface area contributed by atoms with Crippen molar-refractivity contribution in [3.05, 3.63) is 81.9 Å². The molecule has 0 aromatic heterocycles. The summed E-state index contributed by atoms with van der Waals surface area (Å²) >= 11 is 0. The van der Waals surface area contributed by atoms with Crippen LogP contribution in [0.25, 0.3) is 0 Å². The number of hydrogen-bond acceptors (Lipinski definition) is 9. The number of carbonyl (C=O) groups excluding carboxylic acids is 4. The fourth-order valence-corrected chi connectivity index (χ4v) is 4.65. The Labute approximate surface area is 205 Å². The van der Waals surface area contributed by atoms with Crippen LogP contribution >= 0.6 is 0 Å². The van der Waals surface area contributed by atoms with E-state index in [0.717, 1.165) is 24.3 Å². The van der Waals surface area contributed by atoms with Gasteiger partial charge in [0, 0.05) is 30.5 Å². The van der Waals surface area contributed by atoms with Gasteiger partial charge in [-0.1, -0.05) is 0 Å². The number of benzene rings is 3. The highest BCUT2D eigenvalue weighted by Gasteiger charge is 2.54. The van der Waals surface area contributed by atoms with Crippen molar-refractivity contribution in [3.63, 3.8) is 0 Å². The lowest BCUT2D eigenvalue weighted by molar-refractivity contribution is -0.172. The third-order valence-corrected chi connectivity index (χ3v) is 6.36. The zero-order chi connectivity index (χ0) is 26.2. The Kier molecular flexibility index (Phi) is 4.55. The van der Waals surface area contributed by atoms with E-state index < -0.39 is 52.5 Å². The molecular formula is C25H13F2NO9. The standard InChI is InChI=1S/C25H13F2NO9/c26-15-6-13-19(8-17(15)29)35-20-9-18(30)16(27)7-14(20)25(13)12-5-10(1-2-11(12)24(34)36-25)23(33)37-28-21(31)3-4-22(28)32/h1-2,5-9,29-30H,3-4H2. The number of halogens is 2. The smallest absolute Gasteiger partial charge is 0.363 e. The molecule has 3 aliphatic rings. The Hall–Kier alpha value is -5.00. The Bertz CT molecular complexity index is 1530. The minimum absolute atomic E-state index is 0.0352. The largest absolute Gasteiger partial charge is 0.505 e. The molecule has 3 aromatic rings. The number of fused-ring (bicyclic) bond motifs is 6. The SMILES string of the molecule is O=C(ON1C(=O)CCC1=O)c1ccc2c(c1)C1(OC2=O)c2cc(F)c(O)cc2Oc2cc(O)c(F)cc21. The van der Waals surface area contributed by atoms with Gasteiger partial charge in [-0.2, -0.15) is 0 Å². The molecule has 3 aromatic carbocycles. The lowest BCUT2D eigenvalue weighted by atomic mass is 9.77. The summed E-state index contributed by atoms with van der Waals surface area (Å²) in [6.07, 6.45) is -0.238. The monoisotopic (exact) mass is 509 g/mol. The maximum absolute atomic E-state index is 14.5. The van der Waals surface area contributed by atoms with Crippen LogP contribution in [-0.2, 0) is 24.8 Å². The van der Waals surface area contributed by atoms with E-state index in [2.05, 4.69) is 0 Å². The highest BCUT2D eigenvalue weighted by Crippen LogP contribution is 2.57. The van der Waals surface area contributed by atoms with Gasteiger partial charge in [-0.25, -0.2) is 18.4 Å². The Morgan fingerprint density at radius 1 is 0.865 bits per heavy atom. The van der Waals surface area contributed by atoms with Crippen LogP contribution < -0.4 is 4.74 Å². The van der Waals surface area contributed by atoms with Gasteiger partial charge in [-0.15, -0.1) is 5.06 Å². The number of hydrogen-bond donors (Lipinski definition) is 2. The predicted molar refractivity (Wildman–Crippen MR) is 114 cm³/mol. The molecule has 1 spiro atoms. The first-order chi connectivity index (χ1) is 17.6. The summed E-state index contributed by atoms with van der Waals surface area (Å²) in [6, 6.07) is 7.11. The van der Waals surface area contributed by atoms with Crippen LogP contribution in [0.2, 0.25) is 0 Å². The number of carbonyl (C=O) groups is 4. The zero-order valence-corrected chi connectivity index (χ0v) is 18.4. The van der Waals surface area contributed by atoms with E-state index in [1.165, 1.54) is 18.2 Å². The molecule has 186 valence electrons. The van der Waals surface area contributed by atoms with E-state index >= 15 is 0 Å². The number of rotatable bonds is 2. The molecule has 6 rings (SSSR count). The molecule has 0 radical (unpaired) electrons. The minimum atomic E-state index is -2.06. The summed E-state index contributed by atoms with van der Waals surface area (Å²) in [5, 5.41) is 20.2. The van der Waals surface area contributed by atoms with E-state index in [-0.39, 0.29) is 52.2 Å². The topological polar surface area (TPSA) is 140 Å².